The van der Waals surface area contributed by atoms with Crippen LogP contribution >= 0.6 is 0 Å². The van der Waals surface area contributed by atoms with Gasteiger partial charge in [0.05, 0.1) is 23.9 Å². The van der Waals surface area contributed by atoms with E-state index in [1.165, 1.54) is 4.90 Å². The van der Waals surface area contributed by atoms with E-state index in [0.29, 0.717) is 11.3 Å². The Morgan fingerprint density at radius 1 is 1.00 bits per heavy atom. The highest BCUT2D eigenvalue weighted by Gasteiger charge is 2.56. The number of anilines is 1. The first-order valence-corrected chi connectivity index (χ1v) is 7.93. The molecule has 4 atom stereocenters. The third-order valence-corrected chi connectivity index (χ3v) is 5.31. The van der Waals surface area contributed by atoms with Crippen LogP contribution in [-0.2, 0) is 20.8 Å². The summed E-state index contributed by atoms with van der Waals surface area (Å²) >= 11 is 0. The third-order valence-electron chi connectivity index (χ3n) is 5.31. The summed E-state index contributed by atoms with van der Waals surface area (Å²) in [5.41, 5.74) is 1.20. The fraction of sp³-hybridized carbons (Fsp3) is 0.389. The standard InChI is InChI=1S/C18H17NO4/c20-14(21)9-10-1-7-13(8-2-10)19-17(22)15-11-3-4-12(6-5-11)16(15)18(19)23/h1-4,7-8,11-12,15-16H,5-6,9H2,(H,20,21). The van der Waals surface area contributed by atoms with Crippen molar-refractivity contribution in [3.8, 4) is 0 Å². The molecule has 1 aromatic carbocycles. The molecular formula is C18H17NO4. The van der Waals surface area contributed by atoms with Gasteiger partial charge in [0.2, 0.25) is 11.8 Å². The van der Waals surface area contributed by atoms with Crippen LogP contribution in [-0.4, -0.2) is 22.9 Å². The average Bonchev–Trinajstić information content (AvgIpc) is 2.83. The van der Waals surface area contributed by atoms with Crippen LogP contribution < -0.4 is 4.90 Å². The van der Waals surface area contributed by atoms with E-state index in [2.05, 4.69) is 12.2 Å². The van der Waals surface area contributed by atoms with E-state index >= 15 is 0 Å². The highest BCUT2D eigenvalue weighted by atomic mass is 16.4. The number of carboxylic acids is 1. The summed E-state index contributed by atoms with van der Waals surface area (Å²) in [6, 6.07) is 6.67. The van der Waals surface area contributed by atoms with Gasteiger partial charge in [0.15, 0.2) is 0 Å². The van der Waals surface area contributed by atoms with Crippen LogP contribution in [0, 0.1) is 23.7 Å². The smallest absolute Gasteiger partial charge is 0.307 e. The number of carbonyl (C=O) groups excluding carboxylic acids is 2. The number of hydrogen-bond acceptors (Lipinski definition) is 3. The van der Waals surface area contributed by atoms with E-state index in [1.54, 1.807) is 24.3 Å². The predicted molar refractivity (Wildman–Crippen MR) is 82.6 cm³/mol. The van der Waals surface area contributed by atoms with Crippen molar-refractivity contribution in [1.29, 1.82) is 0 Å². The number of aliphatic carboxylic acids is 1. The molecule has 3 aliphatic carbocycles. The Labute approximate surface area is 133 Å². The number of nitrogens with zero attached hydrogens (tertiary/aromatic N) is 1. The van der Waals surface area contributed by atoms with Gasteiger partial charge >= 0.3 is 5.97 Å². The van der Waals surface area contributed by atoms with Gasteiger partial charge in [-0.05, 0) is 42.4 Å². The first-order chi connectivity index (χ1) is 11.1. The number of rotatable bonds is 3. The Morgan fingerprint density at radius 3 is 1.96 bits per heavy atom. The second kappa shape index (κ2) is 5.05. The monoisotopic (exact) mass is 311 g/mol. The molecule has 4 aliphatic rings. The lowest BCUT2D eigenvalue weighted by atomic mass is 9.63. The van der Waals surface area contributed by atoms with Gasteiger partial charge in [-0.2, -0.15) is 0 Å². The number of fused-ring (bicyclic) bond motifs is 1. The van der Waals surface area contributed by atoms with E-state index in [1.807, 2.05) is 0 Å². The largest absolute Gasteiger partial charge is 0.481 e. The summed E-state index contributed by atoms with van der Waals surface area (Å²) in [7, 11) is 0. The molecule has 23 heavy (non-hydrogen) atoms. The minimum Gasteiger partial charge on any atom is -0.481 e. The van der Waals surface area contributed by atoms with Gasteiger partial charge in [0.1, 0.15) is 0 Å². The van der Waals surface area contributed by atoms with Crippen molar-refractivity contribution in [2.45, 2.75) is 19.3 Å². The Morgan fingerprint density at radius 2 is 1.52 bits per heavy atom. The van der Waals surface area contributed by atoms with Crippen molar-refractivity contribution in [2.75, 3.05) is 4.90 Å². The second-order valence-electron chi connectivity index (χ2n) is 6.59. The SMILES string of the molecule is O=C(O)Cc1ccc(N2C(=O)C3C4C=CC(CC4)C3C2=O)cc1. The van der Waals surface area contributed by atoms with E-state index in [0.717, 1.165) is 12.8 Å². The van der Waals surface area contributed by atoms with Gasteiger partial charge in [-0.25, -0.2) is 0 Å². The first-order valence-electron chi connectivity index (χ1n) is 7.93. The number of benzene rings is 1. The molecule has 5 nitrogen and oxygen atoms in total. The number of hydrogen-bond donors (Lipinski definition) is 1. The molecule has 0 radical (unpaired) electrons. The molecule has 1 aromatic rings. The molecule has 1 heterocycles. The van der Waals surface area contributed by atoms with Gasteiger partial charge in [-0.15, -0.1) is 0 Å². The molecule has 1 saturated heterocycles. The molecule has 2 fully saturated rings. The van der Waals surface area contributed by atoms with Crippen LogP contribution in [0.5, 0.6) is 0 Å². The molecule has 2 amide bonds. The fourth-order valence-corrected chi connectivity index (χ4v) is 4.27. The zero-order valence-corrected chi connectivity index (χ0v) is 12.5. The summed E-state index contributed by atoms with van der Waals surface area (Å²) in [4.78, 5) is 37.6. The van der Waals surface area contributed by atoms with Gasteiger partial charge in [-0.3, -0.25) is 19.3 Å². The van der Waals surface area contributed by atoms with Crippen LogP contribution in [0.15, 0.2) is 36.4 Å². The molecule has 1 aliphatic heterocycles. The Balaban J connectivity index is 1.64. The highest BCUT2D eigenvalue weighted by molar-refractivity contribution is 6.22. The quantitative estimate of drug-likeness (QED) is 0.684. The van der Waals surface area contributed by atoms with Crippen molar-refractivity contribution < 1.29 is 19.5 Å². The zero-order chi connectivity index (χ0) is 16.1. The lowest BCUT2D eigenvalue weighted by Crippen LogP contribution is -2.38. The van der Waals surface area contributed by atoms with E-state index in [4.69, 9.17) is 5.11 Å². The number of allylic oxidation sites excluding steroid dienone is 2. The van der Waals surface area contributed by atoms with Gasteiger partial charge in [-0.1, -0.05) is 24.3 Å². The lowest BCUT2D eigenvalue weighted by Gasteiger charge is -2.38. The molecule has 4 unspecified atom stereocenters. The molecule has 118 valence electrons. The number of imide groups is 1. The van der Waals surface area contributed by atoms with E-state index < -0.39 is 5.97 Å². The molecular weight excluding hydrogens is 294 g/mol. The predicted octanol–water partition coefficient (Wildman–Crippen LogP) is 2.02. The van der Waals surface area contributed by atoms with Crippen molar-refractivity contribution in [3.05, 3.63) is 42.0 Å². The summed E-state index contributed by atoms with van der Waals surface area (Å²) in [6.45, 7) is 0. The van der Waals surface area contributed by atoms with E-state index in [-0.39, 0.29) is 41.9 Å². The highest BCUT2D eigenvalue weighted by Crippen LogP contribution is 2.50. The second-order valence-corrected chi connectivity index (χ2v) is 6.59. The third kappa shape index (κ3) is 2.11. The van der Waals surface area contributed by atoms with Crippen LogP contribution in [0.4, 0.5) is 5.69 Å². The summed E-state index contributed by atoms with van der Waals surface area (Å²) in [5, 5.41) is 8.81. The van der Waals surface area contributed by atoms with Gasteiger partial charge in [0.25, 0.3) is 0 Å². The number of carboxylic acid groups (broad SMARTS) is 1. The van der Waals surface area contributed by atoms with Gasteiger partial charge < -0.3 is 5.11 Å². The molecule has 2 bridgehead atoms. The molecule has 1 N–H and O–H groups in total. The minimum absolute atomic E-state index is 0.0680. The summed E-state index contributed by atoms with van der Waals surface area (Å²) in [5.74, 6) is -1.19. The molecule has 5 heteroatoms. The maximum Gasteiger partial charge on any atom is 0.307 e. The normalized spacial score (nSPS) is 31.6. The molecule has 5 rings (SSSR count). The van der Waals surface area contributed by atoms with E-state index in [9.17, 15) is 14.4 Å². The molecule has 1 saturated carbocycles. The maximum atomic E-state index is 12.8. The number of amides is 2. The Hall–Kier alpha value is -2.43. The van der Waals surface area contributed by atoms with Crippen molar-refractivity contribution in [3.63, 3.8) is 0 Å². The maximum absolute atomic E-state index is 12.8. The van der Waals surface area contributed by atoms with Crippen LogP contribution in [0.2, 0.25) is 0 Å². The van der Waals surface area contributed by atoms with Crippen molar-refractivity contribution >= 4 is 23.5 Å². The summed E-state index contributed by atoms with van der Waals surface area (Å²) in [6.07, 6.45) is 6.08. The van der Waals surface area contributed by atoms with Gasteiger partial charge in [0, 0.05) is 0 Å². The minimum atomic E-state index is -0.903. The van der Waals surface area contributed by atoms with Crippen LogP contribution in [0.1, 0.15) is 18.4 Å². The first kappa shape index (κ1) is 14.2. The summed E-state index contributed by atoms with van der Waals surface area (Å²) < 4.78 is 0. The lowest BCUT2D eigenvalue weighted by molar-refractivity contribution is -0.136. The fourth-order valence-electron chi connectivity index (χ4n) is 4.27. The van der Waals surface area contributed by atoms with Crippen molar-refractivity contribution in [1.82, 2.24) is 0 Å². The molecule has 0 spiro atoms. The average molecular weight is 311 g/mol. The zero-order valence-electron chi connectivity index (χ0n) is 12.5. The van der Waals surface area contributed by atoms with Crippen molar-refractivity contribution in [2.24, 2.45) is 23.7 Å². The topological polar surface area (TPSA) is 74.7 Å². The molecule has 0 aromatic heterocycles. The van der Waals surface area contributed by atoms with Crippen LogP contribution in [0.3, 0.4) is 0 Å². The van der Waals surface area contributed by atoms with Crippen LogP contribution in [0.25, 0.3) is 0 Å². The number of carbonyl (C=O) groups is 3. The Bertz CT molecular complexity index is 689. The Kier molecular flexibility index (Phi) is 3.11.